The molecule has 2 nitrogen and oxygen atoms in total. The predicted molar refractivity (Wildman–Crippen MR) is 45.8 cm³/mol. The molecule has 4 heteroatoms. The highest BCUT2D eigenvalue weighted by atomic mass is 35.5. The van der Waals surface area contributed by atoms with Crippen LogP contribution < -0.4 is 0 Å². The number of carbonyl (C=O) groups excluding carboxylic acids is 1. The van der Waals surface area contributed by atoms with Gasteiger partial charge in [-0.25, -0.2) is 0 Å². The van der Waals surface area contributed by atoms with Gasteiger partial charge in [-0.2, -0.15) is 0 Å². The SMILES string of the molecule is CN(C)C/C=C/C(=O)Cl.Cl. The first-order chi connectivity index (χ1) is 4.13. The van der Waals surface area contributed by atoms with Crippen LogP contribution in [0, 0.1) is 0 Å². The van der Waals surface area contributed by atoms with Crippen LogP contribution in [0.5, 0.6) is 0 Å². The van der Waals surface area contributed by atoms with Crippen LogP contribution in [0.1, 0.15) is 0 Å². The minimum Gasteiger partial charge on any atom is -0.306 e. The van der Waals surface area contributed by atoms with E-state index in [-0.39, 0.29) is 12.4 Å². The molecule has 0 radical (unpaired) electrons. The topological polar surface area (TPSA) is 20.3 Å². The molecule has 0 amide bonds. The second-order valence-corrected chi connectivity index (χ2v) is 2.34. The average molecular weight is 184 g/mol. The zero-order valence-electron chi connectivity index (χ0n) is 6.00. The monoisotopic (exact) mass is 183 g/mol. The summed E-state index contributed by atoms with van der Waals surface area (Å²) in [5.41, 5.74) is 0. The Balaban J connectivity index is 0. The third-order valence-electron chi connectivity index (χ3n) is 0.719. The Morgan fingerprint density at radius 2 is 2.10 bits per heavy atom. The van der Waals surface area contributed by atoms with Gasteiger partial charge in [0.1, 0.15) is 0 Å². The van der Waals surface area contributed by atoms with Gasteiger partial charge >= 0.3 is 0 Å². The average Bonchev–Trinajstić information content (AvgIpc) is 1.63. The van der Waals surface area contributed by atoms with E-state index in [2.05, 4.69) is 0 Å². The lowest BCUT2D eigenvalue weighted by Gasteiger charge is -2.02. The number of carbonyl (C=O) groups is 1. The number of nitrogens with zero attached hydrogens (tertiary/aromatic N) is 1. The normalized spacial score (nSPS) is 10.0. The lowest BCUT2D eigenvalue weighted by Crippen LogP contribution is -2.10. The quantitative estimate of drug-likeness (QED) is 0.486. The van der Waals surface area contributed by atoms with Crippen LogP contribution in [0.2, 0.25) is 0 Å². The fourth-order valence-corrected chi connectivity index (χ4v) is 0.445. The van der Waals surface area contributed by atoms with Crippen molar-refractivity contribution in [3.63, 3.8) is 0 Å². The van der Waals surface area contributed by atoms with E-state index in [9.17, 15) is 4.79 Å². The van der Waals surface area contributed by atoms with Crippen LogP contribution in [0.15, 0.2) is 12.2 Å². The molecular formula is C6H11Cl2NO. The zero-order valence-corrected chi connectivity index (χ0v) is 7.58. The van der Waals surface area contributed by atoms with Gasteiger partial charge in [0.2, 0.25) is 5.24 Å². The first-order valence-corrected chi connectivity index (χ1v) is 3.01. The second-order valence-electron chi connectivity index (χ2n) is 1.97. The molecule has 0 aromatic carbocycles. The molecule has 0 aliphatic carbocycles. The summed E-state index contributed by atoms with van der Waals surface area (Å²) in [4.78, 5) is 12.0. The van der Waals surface area contributed by atoms with Crippen molar-refractivity contribution in [3.8, 4) is 0 Å². The summed E-state index contributed by atoms with van der Waals surface area (Å²) in [6.07, 6.45) is 3.07. The van der Waals surface area contributed by atoms with Gasteiger partial charge < -0.3 is 4.90 Å². The second kappa shape index (κ2) is 7.06. The first-order valence-electron chi connectivity index (χ1n) is 2.63. The Bertz CT molecular complexity index is 123. The number of hydrogen-bond donors (Lipinski definition) is 0. The molecule has 0 N–H and O–H groups in total. The van der Waals surface area contributed by atoms with Crippen molar-refractivity contribution in [2.24, 2.45) is 0 Å². The molecule has 0 spiro atoms. The third kappa shape index (κ3) is 10.8. The Hall–Kier alpha value is -0.0500. The molecule has 0 aliphatic heterocycles. The summed E-state index contributed by atoms with van der Waals surface area (Å²) < 4.78 is 0. The Morgan fingerprint density at radius 1 is 1.60 bits per heavy atom. The van der Waals surface area contributed by atoms with Crippen molar-refractivity contribution in [2.45, 2.75) is 0 Å². The zero-order chi connectivity index (χ0) is 7.28. The van der Waals surface area contributed by atoms with Gasteiger partial charge in [0, 0.05) is 6.54 Å². The minimum absolute atomic E-state index is 0. The molecule has 10 heavy (non-hydrogen) atoms. The summed E-state index contributed by atoms with van der Waals surface area (Å²) in [6, 6.07) is 0. The van der Waals surface area contributed by atoms with Crippen molar-refractivity contribution in [3.05, 3.63) is 12.2 Å². The highest BCUT2D eigenvalue weighted by Gasteiger charge is 1.85. The summed E-state index contributed by atoms with van der Waals surface area (Å²) in [6.45, 7) is 0.748. The summed E-state index contributed by atoms with van der Waals surface area (Å²) >= 11 is 5.02. The lowest BCUT2D eigenvalue weighted by molar-refractivity contribution is -0.107. The van der Waals surface area contributed by atoms with E-state index in [1.807, 2.05) is 19.0 Å². The lowest BCUT2D eigenvalue weighted by atomic mass is 10.5. The number of allylic oxidation sites excluding steroid dienone is 1. The molecule has 0 unspecified atom stereocenters. The van der Waals surface area contributed by atoms with Gasteiger partial charge in [-0.3, -0.25) is 4.79 Å². The first kappa shape index (κ1) is 12.6. The van der Waals surface area contributed by atoms with Crippen LogP contribution in [0.4, 0.5) is 0 Å². The highest BCUT2D eigenvalue weighted by molar-refractivity contribution is 6.66. The number of likely N-dealkylation sites (N-methyl/N-ethyl adjacent to an activating group) is 1. The maximum absolute atomic E-state index is 10.1. The largest absolute Gasteiger partial charge is 0.306 e. The van der Waals surface area contributed by atoms with E-state index in [1.54, 1.807) is 6.08 Å². The van der Waals surface area contributed by atoms with Gasteiger partial charge in [0.15, 0.2) is 0 Å². The molecule has 0 fully saturated rings. The van der Waals surface area contributed by atoms with Gasteiger partial charge in [-0.15, -0.1) is 12.4 Å². The fraction of sp³-hybridized carbons (Fsp3) is 0.500. The van der Waals surface area contributed by atoms with Crippen molar-refractivity contribution in [1.29, 1.82) is 0 Å². The molecule has 0 saturated carbocycles. The number of hydrogen-bond acceptors (Lipinski definition) is 2. The molecule has 0 heterocycles. The van der Waals surface area contributed by atoms with Gasteiger partial charge in [-0.1, -0.05) is 6.08 Å². The Labute approximate surface area is 72.3 Å². The highest BCUT2D eigenvalue weighted by Crippen LogP contribution is 1.83. The number of rotatable bonds is 3. The molecule has 0 aromatic heterocycles. The van der Waals surface area contributed by atoms with E-state index < -0.39 is 5.24 Å². The molecule has 0 saturated heterocycles. The number of halogens is 2. The molecule has 0 aliphatic rings. The molecular weight excluding hydrogens is 173 g/mol. The van der Waals surface area contributed by atoms with Crippen LogP contribution in [-0.4, -0.2) is 30.8 Å². The van der Waals surface area contributed by atoms with Crippen LogP contribution in [-0.2, 0) is 4.79 Å². The van der Waals surface area contributed by atoms with Gasteiger partial charge in [-0.05, 0) is 31.8 Å². The van der Waals surface area contributed by atoms with E-state index in [4.69, 9.17) is 11.6 Å². The summed E-state index contributed by atoms with van der Waals surface area (Å²) in [5, 5.41) is -0.420. The van der Waals surface area contributed by atoms with E-state index in [0.717, 1.165) is 6.54 Å². The van der Waals surface area contributed by atoms with E-state index in [1.165, 1.54) is 6.08 Å². The maximum Gasteiger partial charge on any atom is 0.244 e. The predicted octanol–water partition coefficient (Wildman–Crippen LogP) is 1.29. The Kier molecular flexibility index (Phi) is 8.91. The smallest absolute Gasteiger partial charge is 0.244 e. The van der Waals surface area contributed by atoms with Crippen molar-refractivity contribution in [2.75, 3.05) is 20.6 Å². The molecule has 0 bridgehead atoms. The third-order valence-corrected chi connectivity index (χ3v) is 0.845. The van der Waals surface area contributed by atoms with Crippen LogP contribution in [0.3, 0.4) is 0 Å². The van der Waals surface area contributed by atoms with Crippen molar-refractivity contribution >= 4 is 29.3 Å². The van der Waals surface area contributed by atoms with Gasteiger partial charge in [0.05, 0.1) is 0 Å². The van der Waals surface area contributed by atoms with Crippen LogP contribution in [0.25, 0.3) is 0 Å². The van der Waals surface area contributed by atoms with Crippen molar-refractivity contribution in [1.82, 2.24) is 4.90 Å². The van der Waals surface area contributed by atoms with Crippen molar-refractivity contribution < 1.29 is 4.79 Å². The molecule has 60 valence electrons. The van der Waals surface area contributed by atoms with E-state index >= 15 is 0 Å². The standard InChI is InChI=1S/C6H10ClNO.ClH/c1-8(2)5-3-4-6(7)9;/h3-4H,5H2,1-2H3;1H/b4-3+;. The minimum atomic E-state index is -0.420. The Morgan fingerprint density at radius 3 is 2.40 bits per heavy atom. The molecule has 0 rings (SSSR count). The van der Waals surface area contributed by atoms with Gasteiger partial charge in [0.25, 0.3) is 0 Å². The van der Waals surface area contributed by atoms with Crippen LogP contribution >= 0.6 is 24.0 Å². The molecule has 0 aromatic rings. The summed E-state index contributed by atoms with van der Waals surface area (Å²) in [7, 11) is 3.84. The maximum atomic E-state index is 10.1. The summed E-state index contributed by atoms with van der Waals surface area (Å²) in [5.74, 6) is 0. The van der Waals surface area contributed by atoms with E-state index in [0.29, 0.717) is 0 Å². The fourth-order valence-electron chi connectivity index (χ4n) is 0.356. The molecule has 0 atom stereocenters.